The van der Waals surface area contributed by atoms with Crippen LogP contribution >= 0.6 is 0 Å². The quantitative estimate of drug-likeness (QED) is 0.807. The van der Waals surface area contributed by atoms with Gasteiger partial charge in [-0.05, 0) is 12.8 Å². The number of nitrogens with one attached hydrogen (secondary N) is 1. The number of rotatable bonds is 5. The molecule has 17 heavy (non-hydrogen) atoms. The van der Waals surface area contributed by atoms with Crippen molar-refractivity contribution in [2.75, 3.05) is 0 Å². The minimum absolute atomic E-state index is 0.142. The van der Waals surface area contributed by atoms with Crippen LogP contribution in [0.3, 0.4) is 0 Å². The molecule has 2 atom stereocenters. The Balaban J connectivity index is 2.78. The van der Waals surface area contributed by atoms with E-state index in [1.54, 1.807) is 13.8 Å². The Hall–Kier alpha value is -1.85. The molecular formula is C11H16N2O4. The van der Waals surface area contributed by atoms with E-state index in [0.29, 0.717) is 12.1 Å². The minimum Gasteiger partial charge on any atom is -0.480 e. The Labute approximate surface area is 99.0 Å². The van der Waals surface area contributed by atoms with Gasteiger partial charge in [0, 0.05) is 0 Å². The molecule has 0 bridgehead atoms. The Morgan fingerprint density at radius 3 is 2.65 bits per heavy atom. The van der Waals surface area contributed by atoms with Crippen molar-refractivity contribution in [3.63, 3.8) is 0 Å². The third-order valence-electron chi connectivity index (χ3n) is 2.76. The van der Waals surface area contributed by atoms with E-state index < -0.39 is 17.9 Å². The normalized spacial score (nSPS) is 14.1. The molecule has 0 aliphatic heterocycles. The lowest BCUT2D eigenvalue weighted by Gasteiger charge is -2.19. The van der Waals surface area contributed by atoms with Crippen LogP contribution in [-0.2, 0) is 4.79 Å². The van der Waals surface area contributed by atoms with E-state index in [1.807, 2.05) is 6.92 Å². The summed E-state index contributed by atoms with van der Waals surface area (Å²) in [6, 6.07) is -0.901. The number of aromatic nitrogens is 1. The molecule has 0 fully saturated rings. The number of nitrogens with zero attached hydrogens (tertiary/aromatic N) is 1. The fourth-order valence-electron chi connectivity index (χ4n) is 1.41. The number of carboxylic acid groups (broad SMARTS) is 1. The molecule has 2 N–H and O–H groups in total. The van der Waals surface area contributed by atoms with E-state index >= 15 is 0 Å². The summed E-state index contributed by atoms with van der Waals surface area (Å²) in [5.74, 6) is -1.66. The molecule has 0 spiro atoms. The Kier molecular flexibility index (Phi) is 4.25. The van der Waals surface area contributed by atoms with Crippen molar-refractivity contribution in [3.05, 3.63) is 17.5 Å². The van der Waals surface area contributed by atoms with Gasteiger partial charge < -0.3 is 14.9 Å². The molecule has 6 nitrogen and oxygen atoms in total. The number of aliphatic carboxylic acids is 1. The number of carboxylic acids is 1. The van der Waals surface area contributed by atoms with Gasteiger partial charge in [0.2, 0.25) is 0 Å². The summed E-state index contributed by atoms with van der Waals surface area (Å²) < 4.78 is 4.64. The average Bonchev–Trinajstić information content (AvgIpc) is 2.70. The van der Waals surface area contributed by atoms with E-state index in [9.17, 15) is 9.59 Å². The average molecular weight is 240 g/mol. The van der Waals surface area contributed by atoms with Gasteiger partial charge in [-0.2, -0.15) is 0 Å². The smallest absolute Gasteiger partial charge is 0.326 e. The molecule has 6 heteroatoms. The monoisotopic (exact) mass is 240 g/mol. The van der Waals surface area contributed by atoms with Crippen LogP contribution in [0.15, 0.2) is 10.8 Å². The summed E-state index contributed by atoms with van der Waals surface area (Å²) in [5.41, 5.74) is 0.704. The zero-order valence-electron chi connectivity index (χ0n) is 10.1. The first-order valence-corrected chi connectivity index (χ1v) is 5.42. The number of amides is 1. The van der Waals surface area contributed by atoms with Crippen LogP contribution in [0.4, 0.5) is 0 Å². The van der Waals surface area contributed by atoms with Crippen molar-refractivity contribution in [2.45, 2.75) is 33.2 Å². The summed E-state index contributed by atoms with van der Waals surface area (Å²) >= 11 is 0. The lowest BCUT2D eigenvalue weighted by atomic mass is 9.99. The van der Waals surface area contributed by atoms with Crippen LogP contribution in [-0.4, -0.2) is 28.2 Å². The number of carbonyl (C=O) groups excluding carboxylic acids is 1. The fourth-order valence-corrected chi connectivity index (χ4v) is 1.41. The van der Waals surface area contributed by atoms with Crippen molar-refractivity contribution >= 4 is 11.9 Å². The first-order valence-electron chi connectivity index (χ1n) is 5.42. The molecule has 1 heterocycles. The Morgan fingerprint density at radius 1 is 1.59 bits per heavy atom. The minimum atomic E-state index is -1.04. The van der Waals surface area contributed by atoms with Crippen LogP contribution in [0, 0.1) is 12.8 Å². The van der Waals surface area contributed by atoms with Gasteiger partial charge in [-0.25, -0.2) is 4.79 Å². The van der Waals surface area contributed by atoms with Gasteiger partial charge in [0.05, 0.1) is 5.69 Å². The van der Waals surface area contributed by atoms with Gasteiger partial charge >= 0.3 is 5.97 Å². The van der Waals surface area contributed by atoms with Gasteiger partial charge in [-0.15, -0.1) is 0 Å². The second kappa shape index (κ2) is 5.47. The van der Waals surface area contributed by atoms with Crippen LogP contribution < -0.4 is 5.32 Å². The molecule has 0 aliphatic rings. The topological polar surface area (TPSA) is 92.4 Å². The Bertz CT molecular complexity index is 413. The highest BCUT2D eigenvalue weighted by Gasteiger charge is 2.26. The first-order chi connectivity index (χ1) is 7.97. The number of hydrogen-bond donors (Lipinski definition) is 2. The molecular weight excluding hydrogens is 224 g/mol. The lowest BCUT2D eigenvalue weighted by molar-refractivity contribution is -0.140. The molecule has 0 aromatic carbocycles. The first kappa shape index (κ1) is 13.2. The third kappa shape index (κ3) is 3.05. The molecule has 94 valence electrons. The number of aryl methyl sites for hydroxylation is 1. The van der Waals surface area contributed by atoms with E-state index in [4.69, 9.17) is 5.11 Å². The maximum absolute atomic E-state index is 11.8. The van der Waals surface area contributed by atoms with Crippen molar-refractivity contribution < 1.29 is 19.2 Å². The predicted molar refractivity (Wildman–Crippen MR) is 59.6 cm³/mol. The largest absolute Gasteiger partial charge is 0.480 e. The molecule has 0 unspecified atom stereocenters. The molecule has 1 aromatic heterocycles. The number of carbonyl (C=O) groups is 2. The van der Waals surface area contributed by atoms with E-state index in [2.05, 4.69) is 15.0 Å². The zero-order valence-corrected chi connectivity index (χ0v) is 10.1. The second-order valence-electron chi connectivity index (χ2n) is 3.99. The third-order valence-corrected chi connectivity index (χ3v) is 2.76. The van der Waals surface area contributed by atoms with Gasteiger partial charge in [0.1, 0.15) is 17.9 Å². The summed E-state index contributed by atoms with van der Waals surface area (Å²) in [6.45, 7) is 5.27. The van der Waals surface area contributed by atoms with Crippen molar-refractivity contribution in [1.82, 2.24) is 10.5 Å². The molecule has 0 saturated carbocycles. The van der Waals surface area contributed by atoms with Gasteiger partial charge in [0.25, 0.3) is 5.91 Å². The van der Waals surface area contributed by atoms with Gasteiger partial charge in [-0.1, -0.05) is 25.4 Å². The van der Waals surface area contributed by atoms with E-state index in [-0.39, 0.29) is 11.5 Å². The number of hydrogen-bond acceptors (Lipinski definition) is 4. The molecule has 1 aromatic rings. The summed E-state index contributed by atoms with van der Waals surface area (Å²) in [4.78, 5) is 22.8. The van der Waals surface area contributed by atoms with Gasteiger partial charge in [-0.3, -0.25) is 4.79 Å². The van der Waals surface area contributed by atoms with E-state index in [1.165, 1.54) is 6.26 Å². The SMILES string of the molecule is CC[C@H](C)[C@H](NC(=O)c1conc1C)C(=O)O. The predicted octanol–water partition coefficient (Wildman–Crippen LogP) is 1.21. The fraction of sp³-hybridized carbons (Fsp3) is 0.545. The molecule has 0 saturated heterocycles. The second-order valence-corrected chi connectivity index (χ2v) is 3.99. The summed E-state index contributed by atoms with van der Waals surface area (Å²) in [5, 5.41) is 15.1. The molecule has 0 aliphatic carbocycles. The highest BCUT2D eigenvalue weighted by atomic mass is 16.5. The van der Waals surface area contributed by atoms with Crippen molar-refractivity contribution in [1.29, 1.82) is 0 Å². The van der Waals surface area contributed by atoms with Crippen LogP contribution in [0.25, 0.3) is 0 Å². The van der Waals surface area contributed by atoms with Crippen LogP contribution in [0.1, 0.15) is 36.3 Å². The maximum Gasteiger partial charge on any atom is 0.326 e. The highest BCUT2D eigenvalue weighted by molar-refractivity contribution is 5.97. The van der Waals surface area contributed by atoms with E-state index in [0.717, 1.165) is 0 Å². The summed E-state index contributed by atoms with van der Waals surface area (Å²) in [7, 11) is 0. The van der Waals surface area contributed by atoms with Crippen molar-refractivity contribution in [3.8, 4) is 0 Å². The molecule has 0 radical (unpaired) electrons. The molecule has 1 rings (SSSR count). The standard InChI is InChI=1S/C11H16N2O4/c1-4-6(2)9(11(15)16)12-10(14)8-5-17-13-7(8)3/h5-6,9H,4H2,1-3H3,(H,12,14)(H,15,16)/t6-,9-/m0/s1. The van der Waals surface area contributed by atoms with Crippen LogP contribution in [0.2, 0.25) is 0 Å². The molecule has 1 amide bonds. The Morgan fingerprint density at radius 2 is 2.24 bits per heavy atom. The summed E-state index contributed by atoms with van der Waals surface area (Å²) in [6.07, 6.45) is 1.88. The van der Waals surface area contributed by atoms with Crippen molar-refractivity contribution in [2.24, 2.45) is 5.92 Å². The maximum atomic E-state index is 11.8. The van der Waals surface area contributed by atoms with Gasteiger partial charge in [0.15, 0.2) is 0 Å². The zero-order chi connectivity index (χ0) is 13.0. The highest BCUT2D eigenvalue weighted by Crippen LogP contribution is 2.10. The lowest BCUT2D eigenvalue weighted by Crippen LogP contribution is -2.45. The van der Waals surface area contributed by atoms with Crippen LogP contribution in [0.5, 0.6) is 0 Å².